The number of hydrogen-bond acceptors (Lipinski definition) is 5. The predicted molar refractivity (Wildman–Crippen MR) is 120 cm³/mol. The molecule has 1 saturated heterocycles. The Morgan fingerprint density at radius 3 is 2.59 bits per heavy atom. The molecule has 1 atom stereocenters. The minimum Gasteiger partial charge on any atom is -0.496 e. The van der Waals surface area contributed by atoms with E-state index in [1.54, 1.807) is 0 Å². The summed E-state index contributed by atoms with van der Waals surface area (Å²) in [6.45, 7) is 8.30. The maximum absolute atomic E-state index is 15.3. The SMILES string of the molecule is C=C(F)/C=C(/NC(=O)c1ccnc(-c2c(OC)ccc(F)c2F)c1F)C(=C)N1CCC(NC)C1. The van der Waals surface area contributed by atoms with Crippen molar-refractivity contribution in [1.29, 1.82) is 0 Å². The van der Waals surface area contributed by atoms with Crippen LogP contribution in [0.5, 0.6) is 5.75 Å². The summed E-state index contributed by atoms with van der Waals surface area (Å²) in [5.41, 5.74) is -1.40. The van der Waals surface area contributed by atoms with E-state index in [0.29, 0.717) is 18.8 Å². The first-order valence-electron chi connectivity index (χ1n) is 10.3. The van der Waals surface area contributed by atoms with Crippen molar-refractivity contribution in [1.82, 2.24) is 20.5 Å². The highest BCUT2D eigenvalue weighted by Crippen LogP contribution is 2.35. The second-order valence-corrected chi connectivity index (χ2v) is 7.59. The Kier molecular flexibility index (Phi) is 7.72. The fraction of sp³-hybridized carbons (Fsp3) is 0.250. The Bertz CT molecular complexity index is 1170. The van der Waals surface area contributed by atoms with Crippen LogP contribution < -0.4 is 15.4 Å². The van der Waals surface area contributed by atoms with Crippen molar-refractivity contribution in [2.75, 3.05) is 27.2 Å². The standard InChI is InChI=1S/C24H24F4N4O2/c1-13(25)11-18(14(2)32-10-8-15(12-32)29-3)31-24(33)16-7-9-30-23(21(16)27)20-19(34-4)6-5-17(26)22(20)28/h5-7,9,11,15,29H,1-2,8,10,12H2,3-4H3,(H,31,33)/b18-11+. The number of pyridine rings is 1. The number of carbonyl (C=O) groups is 1. The van der Waals surface area contributed by atoms with Crippen molar-refractivity contribution in [2.24, 2.45) is 0 Å². The van der Waals surface area contributed by atoms with Crippen LogP contribution in [0.3, 0.4) is 0 Å². The zero-order valence-corrected chi connectivity index (χ0v) is 18.7. The van der Waals surface area contributed by atoms with Crippen LogP contribution >= 0.6 is 0 Å². The third-order valence-corrected chi connectivity index (χ3v) is 5.49. The van der Waals surface area contributed by atoms with Crippen molar-refractivity contribution in [3.8, 4) is 17.0 Å². The van der Waals surface area contributed by atoms with Gasteiger partial charge in [-0.3, -0.25) is 9.78 Å². The number of rotatable bonds is 8. The quantitative estimate of drug-likeness (QED) is 0.444. The van der Waals surface area contributed by atoms with Crippen LogP contribution in [-0.2, 0) is 0 Å². The number of likely N-dealkylation sites (N-methyl/N-ethyl adjacent to an activating group) is 1. The summed E-state index contributed by atoms with van der Waals surface area (Å²) in [4.78, 5) is 18.6. The highest BCUT2D eigenvalue weighted by atomic mass is 19.2. The van der Waals surface area contributed by atoms with Gasteiger partial charge in [0, 0.05) is 25.3 Å². The van der Waals surface area contributed by atoms with E-state index >= 15 is 4.39 Å². The molecule has 180 valence electrons. The number of allylic oxidation sites excluding steroid dienone is 2. The van der Waals surface area contributed by atoms with E-state index in [-0.39, 0.29) is 17.5 Å². The first-order valence-corrected chi connectivity index (χ1v) is 10.3. The first kappa shape index (κ1) is 25.0. The third-order valence-electron chi connectivity index (χ3n) is 5.49. The first-order chi connectivity index (χ1) is 16.2. The molecule has 0 radical (unpaired) electrons. The Morgan fingerprint density at radius 1 is 1.24 bits per heavy atom. The molecule has 1 aromatic heterocycles. The van der Waals surface area contributed by atoms with Gasteiger partial charge in [0.25, 0.3) is 5.91 Å². The summed E-state index contributed by atoms with van der Waals surface area (Å²) in [5.74, 6) is -5.79. The van der Waals surface area contributed by atoms with Crippen molar-refractivity contribution in [3.05, 3.63) is 83.9 Å². The number of hydrogen-bond donors (Lipinski definition) is 2. The van der Waals surface area contributed by atoms with E-state index in [0.717, 1.165) is 36.9 Å². The number of likely N-dealkylation sites (tertiary alicyclic amines) is 1. The van der Waals surface area contributed by atoms with Crippen LogP contribution in [-0.4, -0.2) is 49.1 Å². The summed E-state index contributed by atoms with van der Waals surface area (Å²) in [5, 5.41) is 5.58. The van der Waals surface area contributed by atoms with Crippen LogP contribution in [0.4, 0.5) is 17.6 Å². The highest BCUT2D eigenvalue weighted by molar-refractivity contribution is 5.97. The van der Waals surface area contributed by atoms with E-state index in [9.17, 15) is 18.0 Å². The van der Waals surface area contributed by atoms with E-state index in [2.05, 4.69) is 28.8 Å². The zero-order valence-electron chi connectivity index (χ0n) is 18.7. The summed E-state index contributed by atoms with van der Waals surface area (Å²) < 4.78 is 62.3. The second-order valence-electron chi connectivity index (χ2n) is 7.59. The second kappa shape index (κ2) is 10.5. The molecule has 1 unspecified atom stereocenters. The number of benzene rings is 1. The number of halogens is 4. The van der Waals surface area contributed by atoms with Gasteiger partial charge < -0.3 is 20.3 Å². The van der Waals surface area contributed by atoms with Crippen LogP contribution in [0.2, 0.25) is 0 Å². The van der Waals surface area contributed by atoms with E-state index < -0.39 is 46.0 Å². The fourth-order valence-electron chi connectivity index (χ4n) is 3.67. The lowest BCUT2D eigenvalue weighted by molar-refractivity contribution is 0.0961. The maximum Gasteiger partial charge on any atom is 0.258 e. The molecular weight excluding hydrogens is 452 g/mol. The Hall–Kier alpha value is -3.66. The number of nitrogens with one attached hydrogen (secondary N) is 2. The molecule has 3 rings (SSSR count). The van der Waals surface area contributed by atoms with Gasteiger partial charge in [-0.15, -0.1) is 0 Å². The summed E-state index contributed by atoms with van der Waals surface area (Å²) in [6, 6.07) is 3.21. The maximum atomic E-state index is 15.3. The van der Waals surface area contributed by atoms with Gasteiger partial charge in [0.1, 0.15) is 17.3 Å². The van der Waals surface area contributed by atoms with E-state index in [1.807, 2.05) is 11.9 Å². The number of aromatic nitrogens is 1. The lowest BCUT2D eigenvalue weighted by Gasteiger charge is -2.24. The fourth-order valence-corrected chi connectivity index (χ4v) is 3.67. The van der Waals surface area contributed by atoms with Gasteiger partial charge in [-0.1, -0.05) is 13.2 Å². The van der Waals surface area contributed by atoms with Crippen molar-refractivity contribution in [3.63, 3.8) is 0 Å². The monoisotopic (exact) mass is 476 g/mol. The summed E-state index contributed by atoms with van der Waals surface area (Å²) >= 11 is 0. The average molecular weight is 476 g/mol. The van der Waals surface area contributed by atoms with E-state index in [4.69, 9.17) is 4.74 Å². The number of methoxy groups -OCH3 is 1. The third kappa shape index (κ3) is 5.12. The zero-order chi connectivity index (χ0) is 25.0. The lowest BCUT2D eigenvalue weighted by Crippen LogP contribution is -2.33. The molecule has 10 heteroatoms. The smallest absolute Gasteiger partial charge is 0.258 e. The largest absolute Gasteiger partial charge is 0.496 e. The molecule has 1 fully saturated rings. The summed E-state index contributed by atoms with van der Waals surface area (Å²) in [6.07, 6.45) is 2.86. The van der Waals surface area contributed by atoms with Crippen molar-refractivity contribution in [2.45, 2.75) is 12.5 Å². The van der Waals surface area contributed by atoms with Crippen LogP contribution in [0, 0.1) is 17.5 Å². The molecule has 2 N–H and O–H groups in total. The molecule has 2 aromatic rings. The van der Waals surface area contributed by atoms with Crippen LogP contribution in [0.1, 0.15) is 16.8 Å². The predicted octanol–water partition coefficient (Wildman–Crippen LogP) is 4.08. The Morgan fingerprint density at radius 2 is 1.97 bits per heavy atom. The molecular formula is C24H24F4N4O2. The molecule has 0 aliphatic carbocycles. The lowest BCUT2D eigenvalue weighted by atomic mass is 10.1. The number of ether oxygens (including phenoxy) is 1. The number of nitrogens with zero attached hydrogens (tertiary/aromatic N) is 2. The van der Waals surface area contributed by atoms with Gasteiger partial charge in [-0.2, -0.15) is 0 Å². The van der Waals surface area contributed by atoms with E-state index in [1.165, 1.54) is 7.11 Å². The number of carbonyl (C=O) groups excluding carboxylic acids is 1. The molecule has 1 aromatic carbocycles. The molecule has 0 bridgehead atoms. The Labute approximate surface area is 194 Å². The van der Waals surface area contributed by atoms with Gasteiger partial charge in [0.2, 0.25) is 0 Å². The van der Waals surface area contributed by atoms with Gasteiger partial charge in [-0.05, 0) is 37.7 Å². The van der Waals surface area contributed by atoms with Gasteiger partial charge in [0.15, 0.2) is 17.5 Å². The molecule has 6 nitrogen and oxygen atoms in total. The molecule has 1 aliphatic rings. The van der Waals surface area contributed by atoms with Crippen molar-refractivity contribution < 1.29 is 27.1 Å². The normalized spacial score (nSPS) is 15.9. The minimum atomic E-state index is -1.38. The molecule has 0 saturated carbocycles. The van der Waals surface area contributed by atoms with Crippen LogP contribution in [0.25, 0.3) is 11.3 Å². The average Bonchev–Trinajstić information content (AvgIpc) is 3.29. The minimum absolute atomic E-state index is 0.0125. The topological polar surface area (TPSA) is 66.5 Å². The molecule has 34 heavy (non-hydrogen) atoms. The molecule has 1 amide bonds. The van der Waals surface area contributed by atoms with Crippen molar-refractivity contribution >= 4 is 5.91 Å². The molecule has 1 aliphatic heterocycles. The van der Waals surface area contributed by atoms with Gasteiger partial charge in [0.05, 0.1) is 29.6 Å². The number of amides is 1. The highest BCUT2D eigenvalue weighted by Gasteiger charge is 2.27. The summed E-state index contributed by atoms with van der Waals surface area (Å²) in [7, 11) is 3.02. The van der Waals surface area contributed by atoms with Gasteiger partial charge >= 0.3 is 0 Å². The van der Waals surface area contributed by atoms with Crippen LogP contribution in [0.15, 0.2) is 60.9 Å². The molecule has 0 spiro atoms. The molecule has 2 heterocycles. The Balaban J connectivity index is 1.95. The van der Waals surface area contributed by atoms with Gasteiger partial charge in [-0.25, -0.2) is 17.6 Å².